The minimum Gasteiger partial charge on any atom is -0.348 e. The van der Waals surface area contributed by atoms with Gasteiger partial charge in [0.2, 0.25) is 10.0 Å². The molecule has 0 saturated heterocycles. The average Bonchev–Trinajstić information content (AvgIpc) is 2.72. The van der Waals surface area contributed by atoms with Gasteiger partial charge in [-0.2, -0.15) is 0 Å². The highest BCUT2D eigenvalue weighted by Gasteiger charge is 2.13. The minimum atomic E-state index is -3.55. The zero-order valence-corrected chi connectivity index (χ0v) is 17.1. The van der Waals surface area contributed by atoms with Crippen molar-refractivity contribution in [3.05, 3.63) is 94.8 Å². The second-order valence-electron chi connectivity index (χ2n) is 6.38. The summed E-state index contributed by atoms with van der Waals surface area (Å²) in [6.45, 7) is 0.364. The number of pyridine rings is 1. The normalized spacial score (nSPS) is 11.1. The van der Waals surface area contributed by atoms with Crippen LogP contribution < -0.4 is 10.0 Å². The average molecular weight is 430 g/mol. The van der Waals surface area contributed by atoms with E-state index in [4.69, 9.17) is 11.6 Å². The molecular formula is C21H20ClN3O3S. The summed E-state index contributed by atoms with van der Waals surface area (Å²) in [5, 5.41) is 3.34. The van der Waals surface area contributed by atoms with Gasteiger partial charge in [0.15, 0.2) is 0 Å². The standard InChI is InChI=1S/C21H20ClN3O3S/c22-20-6-2-1-5-17(20)11-13-29(27,28)25-19-9-7-18(8-10-19)21(26)24-15-16-4-3-12-23-14-16/h1-10,12,14,25H,11,13,15H2,(H,24,26). The van der Waals surface area contributed by atoms with E-state index in [1.54, 1.807) is 60.9 Å². The summed E-state index contributed by atoms with van der Waals surface area (Å²) in [5.41, 5.74) is 2.50. The maximum Gasteiger partial charge on any atom is 0.251 e. The number of halogens is 1. The van der Waals surface area contributed by atoms with Gasteiger partial charge in [0, 0.05) is 35.2 Å². The van der Waals surface area contributed by atoms with E-state index in [2.05, 4.69) is 15.0 Å². The molecule has 0 aliphatic rings. The van der Waals surface area contributed by atoms with Gasteiger partial charge in [-0.3, -0.25) is 14.5 Å². The van der Waals surface area contributed by atoms with E-state index in [-0.39, 0.29) is 11.7 Å². The molecule has 150 valence electrons. The third-order valence-corrected chi connectivity index (χ3v) is 5.85. The fourth-order valence-corrected chi connectivity index (χ4v) is 3.97. The minimum absolute atomic E-state index is 0.0932. The van der Waals surface area contributed by atoms with E-state index < -0.39 is 10.0 Å². The predicted molar refractivity (Wildman–Crippen MR) is 114 cm³/mol. The molecule has 1 heterocycles. The lowest BCUT2D eigenvalue weighted by atomic mass is 10.2. The molecule has 0 radical (unpaired) electrons. The summed E-state index contributed by atoms with van der Waals surface area (Å²) in [6.07, 6.45) is 3.66. The molecule has 6 nitrogen and oxygen atoms in total. The number of carbonyl (C=O) groups excluding carboxylic acids is 1. The first-order valence-corrected chi connectivity index (χ1v) is 11.0. The molecule has 2 aromatic carbocycles. The van der Waals surface area contributed by atoms with Crippen molar-refractivity contribution in [2.45, 2.75) is 13.0 Å². The Hall–Kier alpha value is -2.90. The van der Waals surface area contributed by atoms with Crippen LogP contribution >= 0.6 is 11.6 Å². The predicted octanol–water partition coefficient (Wildman–Crippen LogP) is 3.65. The number of hydrogen-bond acceptors (Lipinski definition) is 4. The van der Waals surface area contributed by atoms with Gasteiger partial charge < -0.3 is 5.32 Å². The van der Waals surface area contributed by atoms with Gasteiger partial charge in [0.25, 0.3) is 5.91 Å². The summed E-state index contributed by atoms with van der Waals surface area (Å²) in [6, 6.07) is 17.1. The van der Waals surface area contributed by atoms with Gasteiger partial charge in [0.1, 0.15) is 0 Å². The SMILES string of the molecule is O=C(NCc1cccnc1)c1ccc(NS(=O)(=O)CCc2ccccc2Cl)cc1. The lowest BCUT2D eigenvalue weighted by molar-refractivity contribution is 0.0951. The maximum atomic E-state index is 12.3. The number of anilines is 1. The quantitative estimate of drug-likeness (QED) is 0.572. The number of aryl methyl sites for hydroxylation is 1. The molecule has 1 aromatic heterocycles. The molecule has 0 atom stereocenters. The van der Waals surface area contributed by atoms with Gasteiger partial charge in [-0.15, -0.1) is 0 Å². The van der Waals surface area contributed by atoms with Crippen molar-refractivity contribution in [3.8, 4) is 0 Å². The Balaban J connectivity index is 1.55. The third kappa shape index (κ3) is 6.30. The van der Waals surface area contributed by atoms with Crippen molar-refractivity contribution < 1.29 is 13.2 Å². The van der Waals surface area contributed by atoms with Crippen LogP contribution in [0.25, 0.3) is 0 Å². The molecule has 0 aliphatic carbocycles. The molecule has 2 N–H and O–H groups in total. The van der Waals surface area contributed by atoms with Crippen LogP contribution in [0.4, 0.5) is 5.69 Å². The topological polar surface area (TPSA) is 88.2 Å². The van der Waals surface area contributed by atoms with Crippen LogP contribution in [-0.2, 0) is 23.0 Å². The first kappa shape index (κ1) is 20.8. The molecule has 0 bridgehead atoms. The first-order valence-electron chi connectivity index (χ1n) is 8.94. The number of carbonyl (C=O) groups is 1. The fourth-order valence-electron chi connectivity index (χ4n) is 2.65. The third-order valence-electron chi connectivity index (χ3n) is 4.19. The lowest BCUT2D eigenvalue weighted by Crippen LogP contribution is -2.23. The van der Waals surface area contributed by atoms with E-state index in [1.807, 2.05) is 12.1 Å². The highest BCUT2D eigenvalue weighted by atomic mass is 35.5. The molecule has 8 heteroatoms. The van der Waals surface area contributed by atoms with E-state index in [1.165, 1.54) is 0 Å². The molecule has 3 aromatic rings. The maximum absolute atomic E-state index is 12.3. The van der Waals surface area contributed by atoms with Crippen LogP contribution in [0.2, 0.25) is 5.02 Å². The summed E-state index contributed by atoms with van der Waals surface area (Å²) in [7, 11) is -3.55. The van der Waals surface area contributed by atoms with Crippen LogP contribution in [0.5, 0.6) is 0 Å². The summed E-state index contributed by atoms with van der Waals surface area (Å²) >= 11 is 6.07. The highest BCUT2D eigenvalue weighted by molar-refractivity contribution is 7.92. The highest BCUT2D eigenvalue weighted by Crippen LogP contribution is 2.17. The lowest BCUT2D eigenvalue weighted by Gasteiger charge is -2.10. The Kier molecular flexibility index (Phi) is 6.85. The van der Waals surface area contributed by atoms with Crippen LogP contribution in [-0.4, -0.2) is 25.1 Å². The number of nitrogens with zero attached hydrogens (tertiary/aromatic N) is 1. The smallest absolute Gasteiger partial charge is 0.251 e. The van der Waals surface area contributed by atoms with Crippen molar-refractivity contribution in [3.63, 3.8) is 0 Å². The van der Waals surface area contributed by atoms with Crippen LogP contribution in [0.3, 0.4) is 0 Å². The summed E-state index contributed by atoms with van der Waals surface area (Å²) in [5.74, 6) is -0.341. The number of benzene rings is 2. The van der Waals surface area contributed by atoms with Gasteiger partial charge in [0.05, 0.1) is 5.75 Å². The number of amides is 1. The van der Waals surface area contributed by atoms with Gasteiger partial charge in [-0.25, -0.2) is 8.42 Å². The molecule has 0 fully saturated rings. The van der Waals surface area contributed by atoms with Crippen molar-refractivity contribution in [1.29, 1.82) is 0 Å². The number of nitrogens with one attached hydrogen (secondary N) is 2. The second-order valence-corrected chi connectivity index (χ2v) is 8.63. The Morgan fingerprint density at radius 2 is 1.76 bits per heavy atom. The molecule has 3 rings (SSSR count). The largest absolute Gasteiger partial charge is 0.348 e. The monoisotopic (exact) mass is 429 g/mol. The van der Waals surface area contributed by atoms with Crippen LogP contribution in [0, 0.1) is 0 Å². The number of hydrogen-bond donors (Lipinski definition) is 2. The summed E-state index contributed by atoms with van der Waals surface area (Å²) in [4.78, 5) is 16.2. The molecule has 29 heavy (non-hydrogen) atoms. The zero-order valence-electron chi connectivity index (χ0n) is 15.5. The van der Waals surface area contributed by atoms with E-state index in [0.29, 0.717) is 29.2 Å². The van der Waals surface area contributed by atoms with Crippen molar-refractivity contribution in [2.75, 3.05) is 10.5 Å². The number of rotatable bonds is 8. The molecule has 0 spiro atoms. The van der Waals surface area contributed by atoms with E-state index in [9.17, 15) is 13.2 Å². The van der Waals surface area contributed by atoms with Gasteiger partial charge in [-0.1, -0.05) is 35.9 Å². The molecule has 0 saturated carbocycles. The number of aromatic nitrogens is 1. The summed E-state index contributed by atoms with van der Waals surface area (Å²) < 4.78 is 27.2. The Morgan fingerprint density at radius 3 is 2.45 bits per heavy atom. The van der Waals surface area contributed by atoms with Crippen molar-refractivity contribution in [1.82, 2.24) is 10.3 Å². The molecule has 1 amide bonds. The Morgan fingerprint density at radius 1 is 1.00 bits per heavy atom. The van der Waals surface area contributed by atoms with E-state index in [0.717, 1.165) is 11.1 Å². The molecular weight excluding hydrogens is 410 g/mol. The van der Waals surface area contributed by atoms with Crippen LogP contribution in [0.15, 0.2) is 73.1 Å². The second kappa shape index (κ2) is 9.54. The fraction of sp³-hybridized carbons (Fsp3) is 0.143. The Labute approximate surface area is 175 Å². The molecule has 0 unspecified atom stereocenters. The van der Waals surface area contributed by atoms with Crippen molar-refractivity contribution >= 4 is 33.2 Å². The van der Waals surface area contributed by atoms with Gasteiger partial charge in [-0.05, 0) is 53.9 Å². The van der Waals surface area contributed by atoms with Crippen molar-refractivity contribution in [2.24, 2.45) is 0 Å². The first-order chi connectivity index (χ1) is 13.9. The van der Waals surface area contributed by atoms with Gasteiger partial charge >= 0.3 is 0 Å². The molecule has 0 aliphatic heterocycles. The zero-order chi connectivity index (χ0) is 20.7. The number of sulfonamides is 1. The van der Waals surface area contributed by atoms with Crippen LogP contribution in [0.1, 0.15) is 21.5 Å². The van der Waals surface area contributed by atoms with E-state index >= 15 is 0 Å². The Bertz CT molecular complexity index is 1070.